The Morgan fingerprint density at radius 3 is 2.86 bits per heavy atom. The molecule has 112 valence electrons. The first-order chi connectivity index (χ1) is 10.0. The van der Waals surface area contributed by atoms with Crippen LogP contribution < -0.4 is 16.6 Å². The highest BCUT2D eigenvalue weighted by atomic mass is 16.6. The minimum atomic E-state index is -0.487. The van der Waals surface area contributed by atoms with Gasteiger partial charge in [0, 0.05) is 31.4 Å². The van der Waals surface area contributed by atoms with Crippen molar-refractivity contribution in [1.82, 2.24) is 14.8 Å². The van der Waals surface area contributed by atoms with Gasteiger partial charge in [0.15, 0.2) is 0 Å². The lowest BCUT2D eigenvalue weighted by molar-refractivity contribution is -0.384. The topological polar surface area (TPSA) is 124 Å². The van der Waals surface area contributed by atoms with Crippen LogP contribution in [0.15, 0.2) is 18.3 Å². The van der Waals surface area contributed by atoms with E-state index in [2.05, 4.69) is 20.8 Å². The summed E-state index contributed by atoms with van der Waals surface area (Å²) in [5.41, 5.74) is 4.19. The van der Waals surface area contributed by atoms with Crippen molar-refractivity contribution in [1.29, 1.82) is 0 Å². The van der Waals surface area contributed by atoms with Crippen molar-refractivity contribution in [3.05, 3.63) is 39.7 Å². The number of rotatable bonds is 6. The Balaban J connectivity index is 2.23. The Morgan fingerprint density at radius 1 is 1.48 bits per heavy atom. The minimum absolute atomic E-state index is 0.101. The third kappa shape index (κ3) is 3.26. The van der Waals surface area contributed by atoms with Crippen molar-refractivity contribution in [3.63, 3.8) is 0 Å². The highest BCUT2D eigenvalue weighted by Gasteiger charge is 2.16. The Kier molecular flexibility index (Phi) is 4.33. The summed E-state index contributed by atoms with van der Waals surface area (Å²) in [5, 5.41) is 18.3. The SMILES string of the molecule is CCc1nn(C)cc1CNc1nc(NN)ccc1[N+](=O)[O-]. The molecule has 2 aromatic heterocycles. The average molecular weight is 291 g/mol. The Labute approximate surface area is 121 Å². The van der Waals surface area contributed by atoms with Crippen molar-refractivity contribution >= 4 is 17.3 Å². The molecule has 0 aliphatic rings. The summed E-state index contributed by atoms with van der Waals surface area (Å²) in [4.78, 5) is 14.6. The Morgan fingerprint density at radius 2 is 2.24 bits per heavy atom. The Bertz CT molecular complexity index is 653. The van der Waals surface area contributed by atoms with E-state index in [1.807, 2.05) is 20.2 Å². The lowest BCUT2D eigenvalue weighted by Gasteiger charge is -2.07. The molecule has 0 aromatic carbocycles. The number of nitrogens with one attached hydrogen (secondary N) is 2. The van der Waals surface area contributed by atoms with Gasteiger partial charge in [-0.3, -0.25) is 14.8 Å². The van der Waals surface area contributed by atoms with Gasteiger partial charge in [-0.25, -0.2) is 10.8 Å². The molecule has 0 spiro atoms. The van der Waals surface area contributed by atoms with Crippen LogP contribution in [0.25, 0.3) is 0 Å². The molecule has 21 heavy (non-hydrogen) atoms. The van der Waals surface area contributed by atoms with E-state index in [1.54, 1.807) is 4.68 Å². The van der Waals surface area contributed by atoms with Gasteiger partial charge in [0.1, 0.15) is 5.82 Å². The second-order valence-electron chi connectivity index (χ2n) is 4.45. The summed E-state index contributed by atoms with van der Waals surface area (Å²) < 4.78 is 1.72. The van der Waals surface area contributed by atoms with Crippen LogP contribution in [0.4, 0.5) is 17.3 Å². The summed E-state index contributed by atoms with van der Waals surface area (Å²) in [6, 6.07) is 2.80. The third-order valence-corrected chi connectivity index (χ3v) is 2.99. The first-order valence-corrected chi connectivity index (χ1v) is 6.42. The zero-order valence-electron chi connectivity index (χ0n) is 11.8. The molecule has 0 aliphatic carbocycles. The molecule has 0 saturated heterocycles. The predicted octanol–water partition coefficient (Wildman–Crippen LogP) is 1.18. The van der Waals surface area contributed by atoms with Crippen molar-refractivity contribution < 1.29 is 4.92 Å². The summed E-state index contributed by atoms with van der Waals surface area (Å²) >= 11 is 0. The number of nitrogens with two attached hydrogens (primary N) is 1. The molecule has 9 nitrogen and oxygen atoms in total. The molecular formula is C12H17N7O2. The number of hydrazine groups is 1. The molecule has 4 N–H and O–H groups in total. The van der Waals surface area contributed by atoms with Crippen LogP contribution in [0.1, 0.15) is 18.2 Å². The molecule has 2 aromatic rings. The monoisotopic (exact) mass is 291 g/mol. The lowest BCUT2D eigenvalue weighted by Crippen LogP contribution is -2.11. The quantitative estimate of drug-likeness (QED) is 0.414. The normalized spacial score (nSPS) is 10.4. The maximum Gasteiger partial charge on any atom is 0.311 e. The number of nitrogen functional groups attached to an aromatic ring is 1. The predicted molar refractivity (Wildman–Crippen MR) is 78.6 cm³/mol. The van der Waals surface area contributed by atoms with E-state index in [9.17, 15) is 10.1 Å². The summed E-state index contributed by atoms with van der Waals surface area (Å²) in [6.07, 6.45) is 2.67. The fourth-order valence-corrected chi connectivity index (χ4v) is 2.02. The fourth-order valence-electron chi connectivity index (χ4n) is 2.02. The zero-order valence-corrected chi connectivity index (χ0v) is 11.8. The van der Waals surface area contributed by atoms with Crippen molar-refractivity contribution in [3.8, 4) is 0 Å². The first-order valence-electron chi connectivity index (χ1n) is 6.42. The molecule has 0 fully saturated rings. The van der Waals surface area contributed by atoms with Gasteiger partial charge in [-0.15, -0.1) is 0 Å². The lowest BCUT2D eigenvalue weighted by atomic mass is 10.2. The number of nitrogens with zero attached hydrogens (tertiary/aromatic N) is 4. The number of aryl methyl sites for hydroxylation is 2. The second kappa shape index (κ2) is 6.18. The molecular weight excluding hydrogens is 274 g/mol. The van der Waals surface area contributed by atoms with Crippen LogP contribution >= 0.6 is 0 Å². The smallest absolute Gasteiger partial charge is 0.311 e. The first kappa shape index (κ1) is 14.7. The minimum Gasteiger partial charge on any atom is -0.360 e. The molecule has 2 heterocycles. The van der Waals surface area contributed by atoms with E-state index < -0.39 is 4.92 Å². The van der Waals surface area contributed by atoms with E-state index >= 15 is 0 Å². The molecule has 0 aliphatic heterocycles. The number of nitro groups is 1. The van der Waals surface area contributed by atoms with Crippen LogP contribution in [-0.2, 0) is 20.0 Å². The molecule has 0 saturated carbocycles. The Hall–Kier alpha value is -2.68. The molecule has 0 radical (unpaired) electrons. The zero-order chi connectivity index (χ0) is 15.4. The maximum atomic E-state index is 11.0. The van der Waals surface area contributed by atoms with Gasteiger partial charge in [0.2, 0.25) is 5.82 Å². The van der Waals surface area contributed by atoms with Gasteiger partial charge < -0.3 is 10.7 Å². The number of hydrogen-bond donors (Lipinski definition) is 3. The van der Waals surface area contributed by atoms with Gasteiger partial charge in [-0.2, -0.15) is 5.10 Å². The van der Waals surface area contributed by atoms with Crippen LogP contribution in [0.3, 0.4) is 0 Å². The number of hydrogen-bond acceptors (Lipinski definition) is 7. The fraction of sp³-hybridized carbons (Fsp3) is 0.333. The van der Waals surface area contributed by atoms with Crippen molar-refractivity contribution in [2.45, 2.75) is 19.9 Å². The largest absolute Gasteiger partial charge is 0.360 e. The van der Waals surface area contributed by atoms with E-state index in [-0.39, 0.29) is 11.5 Å². The van der Waals surface area contributed by atoms with Crippen molar-refractivity contribution in [2.24, 2.45) is 12.9 Å². The van der Waals surface area contributed by atoms with Gasteiger partial charge in [-0.1, -0.05) is 6.92 Å². The van der Waals surface area contributed by atoms with Crippen LogP contribution in [-0.4, -0.2) is 19.7 Å². The van der Waals surface area contributed by atoms with Gasteiger partial charge in [0.25, 0.3) is 0 Å². The number of anilines is 2. The van der Waals surface area contributed by atoms with Crippen LogP contribution in [0, 0.1) is 10.1 Å². The third-order valence-electron chi connectivity index (χ3n) is 2.99. The summed E-state index contributed by atoms with van der Waals surface area (Å²) in [7, 11) is 1.84. The van der Waals surface area contributed by atoms with Crippen LogP contribution in [0.2, 0.25) is 0 Å². The highest BCUT2D eigenvalue weighted by molar-refractivity contribution is 5.60. The maximum absolute atomic E-state index is 11.0. The molecule has 0 bridgehead atoms. The highest BCUT2D eigenvalue weighted by Crippen LogP contribution is 2.24. The van der Waals surface area contributed by atoms with Gasteiger partial charge in [-0.05, 0) is 12.5 Å². The molecule has 0 unspecified atom stereocenters. The van der Waals surface area contributed by atoms with Crippen LogP contribution in [0.5, 0.6) is 0 Å². The summed E-state index contributed by atoms with van der Waals surface area (Å²) in [6.45, 7) is 2.41. The molecule has 0 atom stereocenters. The number of pyridine rings is 1. The van der Waals surface area contributed by atoms with Gasteiger partial charge in [0.05, 0.1) is 10.6 Å². The van der Waals surface area contributed by atoms with E-state index in [0.717, 1.165) is 17.7 Å². The standard InChI is InChI=1S/C12H17N7O2/c1-3-9-8(7-18(2)17-9)6-14-12-10(19(20)21)4-5-11(15-12)16-13/h4-5,7H,3,6,13H2,1-2H3,(H2,14,15,16). The molecule has 0 amide bonds. The van der Waals surface area contributed by atoms with E-state index in [1.165, 1.54) is 12.1 Å². The average Bonchev–Trinajstić information content (AvgIpc) is 2.84. The molecule has 9 heteroatoms. The van der Waals surface area contributed by atoms with Gasteiger partial charge >= 0.3 is 5.69 Å². The van der Waals surface area contributed by atoms with E-state index in [0.29, 0.717) is 12.4 Å². The number of aromatic nitrogens is 3. The molecule has 2 rings (SSSR count). The van der Waals surface area contributed by atoms with Crippen molar-refractivity contribution in [2.75, 3.05) is 10.7 Å². The second-order valence-corrected chi connectivity index (χ2v) is 4.45. The van der Waals surface area contributed by atoms with E-state index in [4.69, 9.17) is 5.84 Å². The summed E-state index contributed by atoms with van der Waals surface area (Å²) in [5.74, 6) is 5.80.